The summed E-state index contributed by atoms with van der Waals surface area (Å²) < 4.78 is 0. The highest BCUT2D eigenvalue weighted by Crippen LogP contribution is 2.33. The number of hydrogen-bond donors (Lipinski definition) is 0. The maximum Gasteiger partial charge on any atom is 0.227 e. The van der Waals surface area contributed by atoms with E-state index in [2.05, 4.69) is 52.4 Å². The van der Waals surface area contributed by atoms with E-state index >= 15 is 0 Å². The molecule has 1 unspecified atom stereocenters. The molecule has 1 aliphatic rings. The van der Waals surface area contributed by atoms with Crippen LogP contribution in [0.5, 0.6) is 0 Å². The van der Waals surface area contributed by atoms with Gasteiger partial charge >= 0.3 is 0 Å². The van der Waals surface area contributed by atoms with Crippen LogP contribution in [0.3, 0.4) is 0 Å². The molecule has 1 amide bonds. The normalized spacial score (nSPS) is 16.3. The lowest BCUT2D eigenvalue weighted by Gasteiger charge is -2.35. The van der Waals surface area contributed by atoms with Crippen molar-refractivity contribution in [3.05, 3.63) is 95.6 Å². The summed E-state index contributed by atoms with van der Waals surface area (Å²) in [5, 5.41) is 0. The summed E-state index contributed by atoms with van der Waals surface area (Å²) in [6.45, 7) is 1.36. The van der Waals surface area contributed by atoms with Gasteiger partial charge in [-0.25, -0.2) is 9.97 Å². The molecule has 1 atom stereocenters. The molecule has 1 aromatic heterocycles. The lowest BCUT2D eigenvalue weighted by Crippen LogP contribution is -2.39. The molecule has 4 rings (SSSR count). The highest BCUT2D eigenvalue weighted by Gasteiger charge is 2.28. The second-order valence-corrected chi connectivity index (χ2v) is 6.36. The average molecular weight is 329 g/mol. The molecule has 1 aliphatic heterocycles. The Kier molecular flexibility index (Phi) is 4.25. The topological polar surface area (TPSA) is 46.1 Å². The molecule has 0 saturated carbocycles. The molecule has 0 spiro atoms. The summed E-state index contributed by atoms with van der Waals surface area (Å²) in [7, 11) is 0. The largest absolute Gasteiger partial charge is 0.337 e. The number of aromatic nitrogens is 2. The number of carbonyl (C=O) groups is 1. The minimum atomic E-state index is 0.116. The predicted octanol–water partition coefficient (Wildman–Crippen LogP) is 3.19. The molecule has 0 fully saturated rings. The highest BCUT2D eigenvalue weighted by molar-refractivity contribution is 5.79. The standard InChI is InChI=1S/C21H19N3O/c25-21(10-16-11-22-15-23-12-16)24-13-18-8-4-5-9-19(18)20(14-24)17-6-2-1-3-7-17/h1-9,11-12,15,20H,10,13-14H2. The third-order valence-electron chi connectivity index (χ3n) is 4.72. The summed E-state index contributed by atoms with van der Waals surface area (Å²) in [6, 6.07) is 18.8. The van der Waals surface area contributed by atoms with E-state index in [9.17, 15) is 4.79 Å². The first-order chi connectivity index (χ1) is 12.3. The molecule has 4 nitrogen and oxygen atoms in total. The van der Waals surface area contributed by atoms with Crippen LogP contribution < -0.4 is 0 Å². The number of nitrogens with zero attached hydrogens (tertiary/aromatic N) is 3. The minimum absolute atomic E-state index is 0.116. The quantitative estimate of drug-likeness (QED) is 0.741. The van der Waals surface area contributed by atoms with Gasteiger partial charge in [0.05, 0.1) is 6.42 Å². The van der Waals surface area contributed by atoms with E-state index in [-0.39, 0.29) is 11.8 Å². The van der Waals surface area contributed by atoms with Crippen LogP contribution in [-0.2, 0) is 17.8 Å². The molecular weight excluding hydrogens is 310 g/mol. The van der Waals surface area contributed by atoms with Crippen LogP contribution >= 0.6 is 0 Å². The first kappa shape index (κ1) is 15.5. The molecule has 0 bridgehead atoms. The van der Waals surface area contributed by atoms with Gasteiger partial charge in [0.2, 0.25) is 5.91 Å². The van der Waals surface area contributed by atoms with Gasteiger partial charge in [0.25, 0.3) is 0 Å². The van der Waals surface area contributed by atoms with E-state index in [1.807, 2.05) is 17.0 Å². The Balaban J connectivity index is 1.62. The van der Waals surface area contributed by atoms with Crippen LogP contribution in [0.4, 0.5) is 0 Å². The minimum Gasteiger partial charge on any atom is -0.337 e. The van der Waals surface area contributed by atoms with Crippen molar-refractivity contribution in [2.75, 3.05) is 6.54 Å². The molecule has 0 N–H and O–H groups in total. The van der Waals surface area contributed by atoms with Gasteiger partial charge in [-0.05, 0) is 22.3 Å². The molecule has 0 saturated heterocycles. The van der Waals surface area contributed by atoms with Crippen molar-refractivity contribution in [2.45, 2.75) is 18.9 Å². The Hall–Kier alpha value is -3.01. The summed E-state index contributed by atoms with van der Waals surface area (Å²) in [5.74, 6) is 0.326. The molecule has 2 heterocycles. The highest BCUT2D eigenvalue weighted by atomic mass is 16.2. The maximum absolute atomic E-state index is 12.8. The van der Waals surface area contributed by atoms with Crippen molar-refractivity contribution in [2.24, 2.45) is 0 Å². The second kappa shape index (κ2) is 6.85. The van der Waals surface area contributed by atoms with Crippen LogP contribution in [0.1, 0.15) is 28.2 Å². The zero-order chi connectivity index (χ0) is 17.1. The summed E-state index contributed by atoms with van der Waals surface area (Å²) in [6.07, 6.45) is 5.23. The molecular formula is C21H19N3O. The third-order valence-corrected chi connectivity index (χ3v) is 4.72. The fourth-order valence-corrected chi connectivity index (χ4v) is 3.48. The molecule has 3 aromatic rings. The summed E-state index contributed by atoms with van der Waals surface area (Å²) >= 11 is 0. The number of benzene rings is 2. The Morgan fingerprint density at radius 3 is 2.52 bits per heavy atom. The molecule has 124 valence electrons. The van der Waals surface area contributed by atoms with Gasteiger partial charge in [0, 0.05) is 31.4 Å². The Morgan fingerprint density at radius 2 is 1.72 bits per heavy atom. The van der Waals surface area contributed by atoms with Gasteiger partial charge in [-0.3, -0.25) is 4.79 Å². The predicted molar refractivity (Wildman–Crippen MR) is 95.9 cm³/mol. The van der Waals surface area contributed by atoms with Gasteiger partial charge in [-0.15, -0.1) is 0 Å². The number of fused-ring (bicyclic) bond motifs is 1. The molecule has 4 heteroatoms. The molecule has 0 aliphatic carbocycles. The zero-order valence-corrected chi connectivity index (χ0v) is 13.9. The molecule has 25 heavy (non-hydrogen) atoms. The van der Waals surface area contributed by atoms with E-state index in [1.54, 1.807) is 12.4 Å². The van der Waals surface area contributed by atoms with Crippen molar-refractivity contribution < 1.29 is 4.79 Å². The third kappa shape index (κ3) is 3.29. The first-order valence-electron chi connectivity index (χ1n) is 8.45. The fourth-order valence-electron chi connectivity index (χ4n) is 3.48. The van der Waals surface area contributed by atoms with E-state index < -0.39 is 0 Å². The van der Waals surface area contributed by atoms with Crippen LogP contribution in [0.25, 0.3) is 0 Å². The lowest BCUT2D eigenvalue weighted by molar-refractivity contribution is -0.131. The number of hydrogen-bond acceptors (Lipinski definition) is 3. The van der Waals surface area contributed by atoms with Crippen molar-refractivity contribution in [3.8, 4) is 0 Å². The molecule has 0 radical (unpaired) electrons. The van der Waals surface area contributed by atoms with E-state index in [4.69, 9.17) is 0 Å². The van der Waals surface area contributed by atoms with Crippen molar-refractivity contribution in [1.29, 1.82) is 0 Å². The number of amides is 1. The van der Waals surface area contributed by atoms with Gasteiger partial charge in [-0.1, -0.05) is 54.6 Å². The maximum atomic E-state index is 12.8. The summed E-state index contributed by atoms with van der Waals surface area (Å²) in [5.41, 5.74) is 4.64. The van der Waals surface area contributed by atoms with Crippen molar-refractivity contribution >= 4 is 5.91 Å². The van der Waals surface area contributed by atoms with Crippen LogP contribution in [0, 0.1) is 0 Å². The van der Waals surface area contributed by atoms with Crippen molar-refractivity contribution in [1.82, 2.24) is 14.9 Å². The summed E-state index contributed by atoms with van der Waals surface area (Å²) in [4.78, 5) is 22.8. The number of rotatable bonds is 3. The van der Waals surface area contributed by atoms with Gasteiger partial charge in [-0.2, -0.15) is 0 Å². The number of carbonyl (C=O) groups excluding carboxylic acids is 1. The zero-order valence-electron chi connectivity index (χ0n) is 13.9. The molecule has 2 aromatic carbocycles. The van der Waals surface area contributed by atoms with Gasteiger partial charge in [0.15, 0.2) is 0 Å². The Morgan fingerprint density at radius 1 is 1.00 bits per heavy atom. The first-order valence-corrected chi connectivity index (χ1v) is 8.45. The van der Waals surface area contributed by atoms with E-state index in [0.717, 1.165) is 5.56 Å². The average Bonchev–Trinajstić information content (AvgIpc) is 2.68. The monoisotopic (exact) mass is 329 g/mol. The van der Waals surface area contributed by atoms with E-state index in [1.165, 1.54) is 23.0 Å². The van der Waals surface area contributed by atoms with Crippen LogP contribution in [-0.4, -0.2) is 27.3 Å². The second-order valence-electron chi connectivity index (χ2n) is 6.36. The smallest absolute Gasteiger partial charge is 0.227 e. The lowest BCUT2D eigenvalue weighted by atomic mass is 9.84. The van der Waals surface area contributed by atoms with Crippen LogP contribution in [0.2, 0.25) is 0 Å². The van der Waals surface area contributed by atoms with Crippen molar-refractivity contribution in [3.63, 3.8) is 0 Å². The Labute approximate surface area is 147 Å². The SMILES string of the molecule is O=C(Cc1cncnc1)N1Cc2ccccc2C(c2ccccc2)C1. The fraction of sp³-hybridized carbons (Fsp3) is 0.190. The van der Waals surface area contributed by atoms with Crippen LogP contribution in [0.15, 0.2) is 73.3 Å². The Bertz CT molecular complexity index is 865. The van der Waals surface area contributed by atoms with E-state index in [0.29, 0.717) is 19.5 Å². The van der Waals surface area contributed by atoms with Gasteiger partial charge < -0.3 is 4.90 Å². The van der Waals surface area contributed by atoms with Gasteiger partial charge in [0.1, 0.15) is 6.33 Å².